The highest BCUT2D eigenvalue weighted by Crippen LogP contribution is 2.22. The summed E-state index contributed by atoms with van der Waals surface area (Å²) >= 11 is 0. The number of piperidine rings is 1. The van der Waals surface area contributed by atoms with Crippen molar-refractivity contribution in [1.82, 2.24) is 24.6 Å². The van der Waals surface area contributed by atoms with Gasteiger partial charge in [0.25, 0.3) is 0 Å². The van der Waals surface area contributed by atoms with Crippen molar-refractivity contribution in [3.63, 3.8) is 0 Å². The monoisotopic (exact) mass is 341 g/mol. The van der Waals surface area contributed by atoms with E-state index in [1.54, 1.807) is 31.1 Å². The van der Waals surface area contributed by atoms with Crippen molar-refractivity contribution >= 4 is 0 Å². The number of hydrogen-bond donors (Lipinski definition) is 0. The summed E-state index contributed by atoms with van der Waals surface area (Å²) in [7, 11) is 0. The molecule has 4 rings (SSSR count). The minimum absolute atomic E-state index is 0.262. The Morgan fingerprint density at radius 1 is 1.24 bits per heavy atom. The highest BCUT2D eigenvalue weighted by atomic mass is 19.1. The van der Waals surface area contributed by atoms with Gasteiger partial charge < -0.3 is 4.42 Å². The standard InChI is InChI=1S/C18H20FN5O/c19-16-5-3-15(4-6-16)18-22-17(11-25-18)10-23-7-1-2-14(8-23)9-24-13-20-12-21-24/h3-6,11-14H,1-2,7-10H2/t14-/m0/s1. The predicted molar refractivity (Wildman–Crippen MR) is 89.9 cm³/mol. The SMILES string of the molecule is Fc1ccc(-c2nc(CN3CCC[C@H](Cn4cncn4)C3)co2)cc1. The van der Waals surface area contributed by atoms with Crippen LogP contribution in [0.5, 0.6) is 0 Å². The van der Waals surface area contributed by atoms with Gasteiger partial charge in [-0.05, 0) is 49.6 Å². The molecule has 6 nitrogen and oxygen atoms in total. The highest BCUT2D eigenvalue weighted by molar-refractivity contribution is 5.52. The molecule has 0 bridgehead atoms. The van der Waals surface area contributed by atoms with Crippen molar-refractivity contribution < 1.29 is 8.81 Å². The van der Waals surface area contributed by atoms with Crippen LogP contribution in [-0.4, -0.2) is 37.7 Å². The minimum Gasteiger partial charge on any atom is -0.444 e. The van der Waals surface area contributed by atoms with E-state index in [9.17, 15) is 4.39 Å². The Kier molecular flexibility index (Phi) is 4.56. The summed E-state index contributed by atoms with van der Waals surface area (Å²) in [4.78, 5) is 11.0. The molecule has 1 aliphatic heterocycles. The van der Waals surface area contributed by atoms with Crippen LogP contribution in [0.1, 0.15) is 18.5 Å². The summed E-state index contributed by atoms with van der Waals surface area (Å²) in [5.74, 6) is 0.840. The Bertz CT molecular complexity index is 799. The van der Waals surface area contributed by atoms with E-state index in [4.69, 9.17) is 4.42 Å². The van der Waals surface area contributed by atoms with Crippen molar-refractivity contribution in [3.8, 4) is 11.5 Å². The first-order valence-electron chi connectivity index (χ1n) is 8.51. The smallest absolute Gasteiger partial charge is 0.226 e. The first kappa shape index (κ1) is 16.0. The lowest BCUT2D eigenvalue weighted by Gasteiger charge is -2.31. The molecule has 0 unspecified atom stereocenters. The Morgan fingerprint density at radius 3 is 2.92 bits per heavy atom. The van der Waals surface area contributed by atoms with Crippen molar-refractivity contribution in [2.24, 2.45) is 5.92 Å². The highest BCUT2D eigenvalue weighted by Gasteiger charge is 2.21. The van der Waals surface area contributed by atoms with E-state index < -0.39 is 0 Å². The fourth-order valence-electron chi connectivity index (χ4n) is 3.37. The second kappa shape index (κ2) is 7.14. The van der Waals surface area contributed by atoms with Gasteiger partial charge in [0, 0.05) is 25.2 Å². The molecule has 2 aromatic heterocycles. The zero-order valence-corrected chi connectivity index (χ0v) is 13.9. The van der Waals surface area contributed by atoms with Gasteiger partial charge in [0.05, 0.1) is 5.69 Å². The number of benzene rings is 1. The molecular weight excluding hydrogens is 321 g/mol. The lowest BCUT2D eigenvalue weighted by atomic mass is 9.98. The third kappa shape index (κ3) is 3.93. The predicted octanol–water partition coefficient (Wildman–Crippen LogP) is 2.98. The average Bonchev–Trinajstić information content (AvgIpc) is 3.28. The van der Waals surface area contributed by atoms with Gasteiger partial charge >= 0.3 is 0 Å². The quantitative estimate of drug-likeness (QED) is 0.714. The Labute approximate surface area is 145 Å². The van der Waals surface area contributed by atoms with Crippen LogP contribution in [0.2, 0.25) is 0 Å². The largest absolute Gasteiger partial charge is 0.444 e. The number of nitrogens with zero attached hydrogens (tertiary/aromatic N) is 5. The van der Waals surface area contributed by atoms with Crippen LogP contribution in [0.3, 0.4) is 0 Å². The van der Waals surface area contributed by atoms with E-state index in [2.05, 4.69) is 20.0 Å². The number of hydrogen-bond acceptors (Lipinski definition) is 5. The van der Waals surface area contributed by atoms with Crippen LogP contribution in [-0.2, 0) is 13.1 Å². The average molecular weight is 341 g/mol. The first-order chi connectivity index (χ1) is 12.3. The van der Waals surface area contributed by atoms with E-state index in [-0.39, 0.29) is 5.82 Å². The van der Waals surface area contributed by atoms with Crippen LogP contribution < -0.4 is 0 Å². The van der Waals surface area contributed by atoms with E-state index in [1.807, 2.05) is 4.68 Å². The van der Waals surface area contributed by atoms with E-state index in [0.717, 1.165) is 37.4 Å². The molecule has 0 radical (unpaired) electrons. The fraction of sp³-hybridized carbons (Fsp3) is 0.389. The molecule has 1 aromatic carbocycles. The van der Waals surface area contributed by atoms with Crippen LogP contribution in [0, 0.1) is 11.7 Å². The van der Waals surface area contributed by atoms with Crippen LogP contribution >= 0.6 is 0 Å². The maximum Gasteiger partial charge on any atom is 0.226 e. The summed E-state index contributed by atoms with van der Waals surface area (Å²) in [6, 6.07) is 6.19. The molecule has 1 aliphatic rings. The fourth-order valence-corrected chi connectivity index (χ4v) is 3.37. The van der Waals surface area contributed by atoms with Crippen molar-refractivity contribution in [2.45, 2.75) is 25.9 Å². The molecule has 25 heavy (non-hydrogen) atoms. The number of oxazole rings is 1. The van der Waals surface area contributed by atoms with Gasteiger partial charge in [-0.1, -0.05) is 0 Å². The second-order valence-corrected chi connectivity index (χ2v) is 6.51. The molecular formula is C18H20FN5O. The summed E-state index contributed by atoms with van der Waals surface area (Å²) in [6.45, 7) is 3.74. The Balaban J connectivity index is 1.37. The molecule has 0 spiro atoms. The zero-order chi connectivity index (χ0) is 17.1. The van der Waals surface area contributed by atoms with Crippen LogP contribution in [0.15, 0.2) is 47.6 Å². The normalized spacial score (nSPS) is 18.5. The lowest BCUT2D eigenvalue weighted by Crippen LogP contribution is -2.36. The molecule has 0 aliphatic carbocycles. The lowest BCUT2D eigenvalue weighted by molar-refractivity contribution is 0.151. The van der Waals surface area contributed by atoms with E-state index in [1.165, 1.54) is 25.0 Å². The number of rotatable bonds is 5. The van der Waals surface area contributed by atoms with Gasteiger partial charge in [-0.15, -0.1) is 0 Å². The molecule has 3 heterocycles. The topological polar surface area (TPSA) is 60.0 Å². The van der Waals surface area contributed by atoms with Gasteiger partial charge in [0.2, 0.25) is 5.89 Å². The molecule has 7 heteroatoms. The molecule has 0 amide bonds. The molecule has 3 aromatic rings. The van der Waals surface area contributed by atoms with Gasteiger partial charge in [-0.25, -0.2) is 14.4 Å². The number of aromatic nitrogens is 4. The number of likely N-dealkylation sites (tertiary alicyclic amines) is 1. The van der Waals surface area contributed by atoms with Crippen molar-refractivity contribution in [3.05, 3.63) is 54.7 Å². The minimum atomic E-state index is -0.262. The van der Waals surface area contributed by atoms with Crippen LogP contribution in [0.4, 0.5) is 4.39 Å². The van der Waals surface area contributed by atoms with E-state index in [0.29, 0.717) is 11.8 Å². The van der Waals surface area contributed by atoms with Crippen LogP contribution in [0.25, 0.3) is 11.5 Å². The van der Waals surface area contributed by atoms with Gasteiger partial charge in [0.1, 0.15) is 24.7 Å². The first-order valence-corrected chi connectivity index (χ1v) is 8.51. The van der Waals surface area contributed by atoms with Crippen molar-refractivity contribution in [2.75, 3.05) is 13.1 Å². The summed E-state index contributed by atoms with van der Waals surface area (Å²) < 4.78 is 20.5. The molecule has 0 saturated carbocycles. The third-order valence-electron chi connectivity index (χ3n) is 4.54. The number of halogens is 1. The Hall–Kier alpha value is -2.54. The second-order valence-electron chi connectivity index (χ2n) is 6.51. The van der Waals surface area contributed by atoms with Gasteiger partial charge in [0.15, 0.2) is 0 Å². The molecule has 1 atom stereocenters. The summed E-state index contributed by atoms with van der Waals surface area (Å²) in [5.41, 5.74) is 1.69. The zero-order valence-electron chi connectivity index (χ0n) is 13.9. The molecule has 0 N–H and O–H groups in total. The van der Waals surface area contributed by atoms with Gasteiger partial charge in [-0.3, -0.25) is 9.58 Å². The van der Waals surface area contributed by atoms with E-state index >= 15 is 0 Å². The summed E-state index contributed by atoms with van der Waals surface area (Å²) in [5, 5.41) is 4.20. The maximum absolute atomic E-state index is 13.0. The Morgan fingerprint density at radius 2 is 2.12 bits per heavy atom. The molecule has 1 fully saturated rings. The maximum atomic E-state index is 13.0. The summed E-state index contributed by atoms with van der Waals surface area (Å²) in [6.07, 6.45) is 7.41. The van der Waals surface area contributed by atoms with Gasteiger partial charge in [-0.2, -0.15) is 5.10 Å². The third-order valence-corrected chi connectivity index (χ3v) is 4.54. The van der Waals surface area contributed by atoms with Crippen molar-refractivity contribution in [1.29, 1.82) is 0 Å². The molecule has 1 saturated heterocycles. The molecule has 130 valence electrons.